The molecule has 0 aliphatic rings. The summed E-state index contributed by atoms with van der Waals surface area (Å²) in [6.45, 7) is 3.59. The van der Waals surface area contributed by atoms with Crippen LogP contribution in [0.15, 0.2) is 60.8 Å². The van der Waals surface area contributed by atoms with Crippen LogP contribution in [0.25, 0.3) is 0 Å². The average molecular weight is 738 g/mol. The van der Waals surface area contributed by atoms with E-state index in [1.165, 1.54) is 44.9 Å². The molecule has 294 valence electrons. The lowest BCUT2D eigenvalue weighted by molar-refractivity contribution is -0.161. The third kappa shape index (κ3) is 37.3. The normalized spacial score (nSPS) is 14.0. The molecule has 1 unspecified atom stereocenters. The van der Waals surface area contributed by atoms with E-state index in [0.717, 1.165) is 70.6 Å². The maximum Gasteiger partial charge on any atom is 0.472 e. The van der Waals surface area contributed by atoms with Crippen molar-refractivity contribution in [2.75, 3.05) is 26.4 Å². The minimum absolute atomic E-state index is 0.0423. The lowest BCUT2D eigenvalue weighted by Crippen LogP contribution is -2.29. The summed E-state index contributed by atoms with van der Waals surface area (Å²) in [5.74, 6) is -0.897. The van der Waals surface area contributed by atoms with Gasteiger partial charge < -0.3 is 20.1 Å². The van der Waals surface area contributed by atoms with E-state index in [4.69, 9.17) is 24.3 Å². The Hall–Kier alpha value is -2.29. The highest BCUT2D eigenvalue weighted by atomic mass is 31.2. The first-order chi connectivity index (χ1) is 24.8. The summed E-state index contributed by atoms with van der Waals surface area (Å²) in [6, 6.07) is 0. The Kier molecular flexibility index (Phi) is 35.8. The molecular weight excluding hydrogens is 665 g/mol. The Morgan fingerprint density at radius 3 is 1.71 bits per heavy atom. The van der Waals surface area contributed by atoms with Crippen LogP contribution in [0, 0.1) is 0 Å². The summed E-state index contributed by atoms with van der Waals surface area (Å²) in [6.07, 6.45) is 42.5. The van der Waals surface area contributed by atoms with Gasteiger partial charge >= 0.3 is 19.8 Å². The molecule has 10 heteroatoms. The standard InChI is InChI=1S/C41H72NO8P/c1-3-5-7-9-11-13-15-17-19-21-23-25-27-29-31-33-40(43)47-37-39(38-49-51(45,46)48-36-35-42)50-41(44)34-32-30-28-26-24-22-20-18-16-14-12-10-8-6-4-2/h12-15,17-20,24,26,39H,3-11,16,21-23,25,27-38,42H2,1-2H3,(H,45,46)/b14-12+,15-13+,19-17+,20-18+,26-24+/t39-/m1/s1. The Balaban J connectivity index is 4.32. The summed E-state index contributed by atoms with van der Waals surface area (Å²) in [7, 11) is -4.39. The van der Waals surface area contributed by atoms with Gasteiger partial charge in [0, 0.05) is 19.4 Å². The number of allylic oxidation sites excluding steroid dienone is 10. The van der Waals surface area contributed by atoms with Crippen molar-refractivity contribution in [1.82, 2.24) is 0 Å². The maximum atomic E-state index is 12.5. The van der Waals surface area contributed by atoms with E-state index >= 15 is 0 Å². The fourth-order valence-electron chi connectivity index (χ4n) is 4.92. The molecule has 0 aromatic rings. The van der Waals surface area contributed by atoms with Crippen LogP contribution in [0.4, 0.5) is 0 Å². The van der Waals surface area contributed by atoms with E-state index in [9.17, 15) is 19.0 Å². The molecule has 0 spiro atoms. The Morgan fingerprint density at radius 1 is 0.608 bits per heavy atom. The molecule has 0 saturated carbocycles. The topological polar surface area (TPSA) is 134 Å². The van der Waals surface area contributed by atoms with Crippen LogP contribution in [-0.4, -0.2) is 49.3 Å². The molecule has 0 aromatic heterocycles. The molecule has 51 heavy (non-hydrogen) atoms. The molecule has 0 aliphatic heterocycles. The van der Waals surface area contributed by atoms with Gasteiger partial charge in [0.2, 0.25) is 0 Å². The number of nitrogens with two attached hydrogens (primary N) is 1. The molecule has 0 bridgehead atoms. The van der Waals surface area contributed by atoms with Crippen molar-refractivity contribution in [2.24, 2.45) is 5.73 Å². The monoisotopic (exact) mass is 737 g/mol. The molecule has 0 heterocycles. The maximum absolute atomic E-state index is 12.5. The summed E-state index contributed by atoms with van der Waals surface area (Å²) in [5, 5.41) is 0. The number of hydrogen-bond acceptors (Lipinski definition) is 8. The van der Waals surface area contributed by atoms with Gasteiger partial charge in [-0.05, 0) is 77.0 Å². The molecule has 0 fully saturated rings. The highest BCUT2D eigenvalue weighted by Gasteiger charge is 2.25. The van der Waals surface area contributed by atoms with Crippen molar-refractivity contribution in [2.45, 2.75) is 161 Å². The summed E-state index contributed by atoms with van der Waals surface area (Å²) < 4.78 is 32.6. The zero-order valence-corrected chi connectivity index (χ0v) is 33.0. The number of carbonyl (C=O) groups excluding carboxylic acids is 2. The first kappa shape index (κ1) is 48.7. The van der Waals surface area contributed by atoms with Gasteiger partial charge in [0.15, 0.2) is 6.10 Å². The molecule has 0 saturated heterocycles. The lowest BCUT2D eigenvalue weighted by atomic mass is 10.1. The van der Waals surface area contributed by atoms with E-state index in [0.29, 0.717) is 12.8 Å². The lowest BCUT2D eigenvalue weighted by Gasteiger charge is -2.19. The quantitative estimate of drug-likeness (QED) is 0.0212. The van der Waals surface area contributed by atoms with Crippen LogP contribution in [0.5, 0.6) is 0 Å². The SMILES string of the molecule is CCCCC/C=C/C/C=C/C/C=C/CCCCC(=O)O[C@H](COC(=O)CCCCCCC/C=C/C=C/CCCCCC)COP(=O)(O)OCCN. The molecule has 3 N–H and O–H groups in total. The van der Waals surface area contributed by atoms with Crippen molar-refractivity contribution < 1.29 is 37.6 Å². The molecular formula is C41H72NO8P. The van der Waals surface area contributed by atoms with E-state index in [1.807, 2.05) is 0 Å². The van der Waals surface area contributed by atoms with Gasteiger partial charge in [0.25, 0.3) is 0 Å². The second-order valence-corrected chi connectivity index (χ2v) is 14.3. The van der Waals surface area contributed by atoms with Gasteiger partial charge in [-0.2, -0.15) is 0 Å². The van der Waals surface area contributed by atoms with Crippen LogP contribution in [0.3, 0.4) is 0 Å². The van der Waals surface area contributed by atoms with E-state index in [2.05, 4.69) is 74.6 Å². The first-order valence-corrected chi connectivity index (χ1v) is 21.3. The Bertz CT molecular complexity index is 1020. The Labute approximate surface area is 310 Å². The predicted molar refractivity (Wildman–Crippen MR) is 210 cm³/mol. The van der Waals surface area contributed by atoms with E-state index < -0.39 is 32.5 Å². The van der Waals surface area contributed by atoms with Crippen molar-refractivity contribution in [1.29, 1.82) is 0 Å². The zero-order valence-electron chi connectivity index (χ0n) is 32.1. The molecule has 0 radical (unpaired) electrons. The summed E-state index contributed by atoms with van der Waals surface area (Å²) in [4.78, 5) is 34.7. The fraction of sp³-hybridized carbons (Fsp3) is 0.707. The van der Waals surface area contributed by atoms with Gasteiger partial charge in [-0.25, -0.2) is 4.57 Å². The van der Waals surface area contributed by atoms with Gasteiger partial charge in [0.1, 0.15) is 6.61 Å². The van der Waals surface area contributed by atoms with Crippen LogP contribution in [0.2, 0.25) is 0 Å². The number of carbonyl (C=O) groups is 2. The first-order valence-electron chi connectivity index (χ1n) is 19.8. The third-order valence-corrected chi connectivity index (χ3v) is 8.89. The highest BCUT2D eigenvalue weighted by Crippen LogP contribution is 2.43. The smallest absolute Gasteiger partial charge is 0.462 e. The second-order valence-electron chi connectivity index (χ2n) is 12.8. The number of rotatable bonds is 36. The zero-order chi connectivity index (χ0) is 37.5. The number of ether oxygens (including phenoxy) is 2. The fourth-order valence-corrected chi connectivity index (χ4v) is 5.69. The molecule has 0 amide bonds. The van der Waals surface area contributed by atoms with Crippen LogP contribution in [0.1, 0.15) is 155 Å². The molecule has 0 aliphatic carbocycles. The number of phosphoric ester groups is 1. The summed E-state index contributed by atoms with van der Waals surface area (Å²) >= 11 is 0. The number of esters is 2. The van der Waals surface area contributed by atoms with Crippen LogP contribution >= 0.6 is 7.82 Å². The van der Waals surface area contributed by atoms with E-state index in [1.54, 1.807) is 0 Å². The minimum Gasteiger partial charge on any atom is -0.462 e. The van der Waals surface area contributed by atoms with Crippen molar-refractivity contribution in [3.63, 3.8) is 0 Å². The number of hydrogen-bond donors (Lipinski definition) is 2. The average Bonchev–Trinajstić information content (AvgIpc) is 3.11. The van der Waals surface area contributed by atoms with E-state index in [-0.39, 0.29) is 32.6 Å². The number of phosphoric acid groups is 1. The minimum atomic E-state index is -4.39. The van der Waals surface area contributed by atoms with Gasteiger partial charge in [0.05, 0.1) is 13.2 Å². The molecule has 9 nitrogen and oxygen atoms in total. The van der Waals surface area contributed by atoms with Gasteiger partial charge in [-0.1, -0.05) is 126 Å². The van der Waals surface area contributed by atoms with Gasteiger partial charge in [-0.15, -0.1) is 0 Å². The summed E-state index contributed by atoms with van der Waals surface area (Å²) in [5.41, 5.74) is 5.33. The molecule has 2 atom stereocenters. The highest BCUT2D eigenvalue weighted by molar-refractivity contribution is 7.47. The van der Waals surface area contributed by atoms with Crippen LogP contribution in [-0.2, 0) is 32.7 Å². The Morgan fingerprint density at radius 2 is 1.08 bits per heavy atom. The van der Waals surface area contributed by atoms with Crippen molar-refractivity contribution >= 4 is 19.8 Å². The predicted octanol–water partition coefficient (Wildman–Crippen LogP) is 10.9. The van der Waals surface area contributed by atoms with Gasteiger partial charge in [-0.3, -0.25) is 18.6 Å². The van der Waals surface area contributed by atoms with Crippen molar-refractivity contribution in [3.8, 4) is 0 Å². The van der Waals surface area contributed by atoms with Crippen LogP contribution < -0.4 is 5.73 Å². The largest absolute Gasteiger partial charge is 0.472 e. The molecule has 0 rings (SSSR count). The number of unbranched alkanes of at least 4 members (excludes halogenated alkanes) is 14. The second kappa shape index (κ2) is 37.5. The van der Waals surface area contributed by atoms with Crippen molar-refractivity contribution in [3.05, 3.63) is 60.8 Å². The molecule has 0 aromatic carbocycles. The third-order valence-electron chi connectivity index (χ3n) is 7.90.